The molecule has 3 N–H and O–H groups in total. The molecule has 1 aromatic carbocycles. The highest BCUT2D eigenvalue weighted by Gasteiger charge is 2.06. The Morgan fingerprint density at radius 2 is 1.95 bits per heavy atom. The molecule has 0 fully saturated rings. The number of hydrogen-bond acceptors (Lipinski definition) is 5. The minimum absolute atomic E-state index is 0.0885. The maximum Gasteiger partial charge on any atom is 0.165 e. The summed E-state index contributed by atoms with van der Waals surface area (Å²) in [5.41, 5.74) is 6.47. The number of hydrogen-bond donors (Lipinski definition) is 2. The summed E-state index contributed by atoms with van der Waals surface area (Å²) >= 11 is 0. The van der Waals surface area contributed by atoms with Gasteiger partial charge in [-0.2, -0.15) is 10.5 Å². The Morgan fingerprint density at radius 1 is 1.16 bits per heavy atom. The van der Waals surface area contributed by atoms with Gasteiger partial charge >= 0.3 is 0 Å². The Kier molecular flexibility index (Phi) is 3.26. The largest absolute Gasteiger partial charge is 0.396 e. The molecule has 0 unspecified atom stereocenters. The molecule has 1 heterocycles. The van der Waals surface area contributed by atoms with Gasteiger partial charge in [0.05, 0.1) is 16.9 Å². The van der Waals surface area contributed by atoms with Crippen molar-refractivity contribution in [1.29, 1.82) is 10.5 Å². The molecule has 0 aliphatic rings. The first kappa shape index (κ1) is 12.3. The normalized spacial score (nSPS) is 9.42. The van der Waals surface area contributed by atoms with Gasteiger partial charge in [-0.15, -0.1) is 0 Å². The second kappa shape index (κ2) is 5.03. The van der Waals surface area contributed by atoms with Crippen molar-refractivity contribution >= 4 is 17.2 Å². The van der Waals surface area contributed by atoms with Crippen LogP contribution in [0.1, 0.15) is 11.3 Å². The number of nitriles is 2. The summed E-state index contributed by atoms with van der Waals surface area (Å²) in [6, 6.07) is 10.6. The zero-order valence-electron chi connectivity index (χ0n) is 9.68. The van der Waals surface area contributed by atoms with E-state index in [0.717, 1.165) is 6.07 Å². The fraction of sp³-hybridized carbons (Fsp3) is 0. The van der Waals surface area contributed by atoms with Gasteiger partial charge < -0.3 is 11.1 Å². The van der Waals surface area contributed by atoms with Crippen LogP contribution in [0.15, 0.2) is 30.3 Å². The van der Waals surface area contributed by atoms with E-state index in [1.807, 2.05) is 12.1 Å². The summed E-state index contributed by atoms with van der Waals surface area (Å²) in [4.78, 5) is 3.98. The highest BCUT2D eigenvalue weighted by Crippen LogP contribution is 2.21. The van der Waals surface area contributed by atoms with Crippen LogP contribution in [0.25, 0.3) is 0 Å². The van der Waals surface area contributed by atoms with Crippen molar-refractivity contribution < 1.29 is 4.39 Å². The van der Waals surface area contributed by atoms with Crippen LogP contribution in [0.4, 0.5) is 21.6 Å². The second-order valence-electron chi connectivity index (χ2n) is 3.67. The van der Waals surface area contributed by atoms with E-state index in [0.29, 0.717) is 11.5 Å². The average molecular weight is 253 g/mol. The molecule has 0 saturated heterocycles. The van der Waals surface area contributed by atoms with Crippen molar-refractivity contribution in [3.63, 3.8) is 0 Å². The number of anilines is 3. The summed E-state index contributed by atoms with van der Waals surface area (Å²) in [5, 5.41) is 20.6. The number of benzene rings is 1. The van der Waals surface area contributed by atoms with Crippen molar-refractivity contribution in [2.24, 2.45) is 0 Å². The summed E-state index contributed by atoms with van der Waals surface area (Å²) < 4.78 is 13.0. The Hall–Kier alpha value is -3.12. The topological polar surface area (TPSA) is 98.5 Å². The van der Waals surface area contributed by atoms with Crippen LogP contribution < -0.4 is 11.1 Å². The van der Waals surface area contributed by atoms with Gasteiger partial charge in [0.15, 0.2) is 5.69 Å². The molecule has 2 aromatic rings. The van der Waals surface area contributed by atoms with Crippen molar-refractivity contribution in [2.75, 3.05) is 11.1 Å². The van der Waals surface area contributed by atoms with Gasteiger partial charge in [0.25, 0.3) is 0 Å². The monoisotopic (exact) mass is 253 g/mol. The van der Waals surface area contributed by atoms with Crippen molar-refractivity contribution in [3.05, 3.63) is 47.4 Å². The third-order valence-corrected chi connectivity index (χ3v) is 2.40. The molecule has 6 heteroatoms. The summed E-state index contributed by atoms with van der Waals surface area (Å²) in [5.74, 6) is -0.140. The molecule has 92 valence electrons. The summed E-state index contributed by atoms with van der Waals surface area (Å²) in [7, 11) is 0. The lowest BCUT2D eigenvalue weighted by Gasteiger charge is -2.08. The molecule has 2 rings (SSSR count). The summed E-state index contributed by atoms with van der Waals surface area (Å²) in [6.07, 6.45) is 0. The molecule has 1 aromatic heterocycles. The minimum atomic E-state index is -0.495. The van der Waals surface area contributed by atoms with Crippen LogP contribution in [0.3, 0.4) is 0 Å². The molecule has 0 atom stereocenters. The Labute approximate surface area is 108 Å². The number of aromatic nitrogens is 1. The third-order valence-electron chi connectivity index (χ3n) is 2.40. The van der Waals surface area contributed by atoms with E-state index in [-0.39, 0.29) is 16.9 Å². The van der Waals surface area contributed by atoms with Crippen molar-refractivity contribution in [1.82, 2.24) is 4.98 Å². The lowest BCUT2D eigenvalue weighted by atomic mass is 10.2. The van der Waals surface area contributed by atoms with Crippen LogP contribution in [0.5, 0.6) is 0 Å². The molecule has 0 amide bonds. The Bertz CT molecular complexity index is 712. The van der Waals surface area contributed by atoms with Gasteiger partial charge in [-0.25, -0.2) is 9.37 Å². The standard InChI is InChI=1S/C13H8FN5/c14-9-1-3-11(8(5-9)6-15)18-13-4-2-10(17)12(7-16)19-13/h1-5H,17H2,(H,18,19). The van der Waals surface area contributed by atoms with E-state index < -0.39 is 5.82 Å². The van der Waals surface area contributed by atoms with Crippen LogP contribution in [-0.2, 0) is 0 Å². The fourth-order valence-electron chi connectivity index (χ4n) is 1.49. The van der Waals surface area contributed by atoms with Gasteiger partial charge in [-0.3, -0.25) is 0 Å². The number of nitrogens with one attached hydrogen (secondary N) is 1. The SMILES string of the molecule is N#Cc1cc(F)ccc1Nc1ccc(N)c(C#N)n1. The zero-order chi connectivity index (χ0) is 13.8. The molecule has 0 bridgehead atoms. The predicted molar refractivity (Wildman–Crippen MR) is 67.8 cm³/mol. The van der Waals surface area contributed by atoms with E-state index in [1.165, 1.54) is 18.2 Å². The van der Waals surface area contributed by atoms with Crippen LogP contribution in [-0.4, -0.2) is 4.98 Å². The maximum atomic E-state index is 13.0. The Morgan fingerprint density at radius 3 is 2.63 bits per heavy atom. The van der Waals surface area contributed by atoms with Gasteiger partial charge in [0.1, 0.15) is 23.8 Å². The molecule has 19 heavy (non-hydrogen) atoms. The van der Waals surface area contributed by atoms with E-state index in [4.69, 9.17) is 16.3 Å². The molecule has 0 spiro atoms. The first-order chi connectivity index (χ1) is 9.13. The smallest absolute Gasteiger partial charge is 0.165 e. The predicted octanol–water partition coefficient (Wildman–Crippen LogP) is 2.29. The lowest BCUT2D eigenvalue weighted by molar-refractivity contribution is 0.627. The highest BCUT2D eigenvalue weighted by atomic mass is 19.1. The average Bonchev–Trinajstić information content (AvgIpc) is 2.42. The molecule has 0 aliphatic carbocycles. The van der Waals surface area contributed by atoms with Crippen molar-refractivity contribution in [3.8, 4) is 12.1 Å². The number of nitrogen functional groups attached to an aromatic ring is 1. The van der Waals surface area contributed by atoms with E-state index in [1.54, 1.807) is 6.07 Å². The molecule has 0 aliphatic heterocycles. The number of rotatable bonds is 2. The van der Waals surface area contributed by atoms with Crippen molar-refractivity contribution in [2.45, 2.75) is 0 Å². The first-order valence-electron chi connectivity index (χ1n) is 5.27. The third kappa shape index (κ3) is 2.59. The molecule has 5 nitrogen and oxygen atoms in total. The quantitative estimate of drug-likeness (QED) is 0.855. The van der Waals surface area contributed by atoms with Gasteiger partial charge in [-0.1, -0.05) is 0 Å². The second-order valence-corrected chi connectivity index (χ2v) is 3.67. The first-order valence-corrected chi connectivity index (χ1v) is 5.27. The maximum absolute atomic E-state index is 13.0. The zero-order valence-corrected chi connectivity index (χ0v) is 9.68. The fourth-order valence-corrected chi connectivity index (χ4v) is 1.49. The van der Waals surface area contributed by atoms with Gasteiger partial charge in [0, 0.05) is 0 Å². The highest BCUT2D eigenvalue weighted by molar-refractivity contribution is 5.66. The van der Waals surface area contributed by atoms with Crippen LogP contribution in [0, 0.1) is 28.5 Å². The van der Waals surface area contributed by atoms with Crippen LogP contribution >= 0.6 is 0 Å². The van der Waals surface area contributed by atoms with E-state index >= 15 is 0 Å². The minimum Gasteiger partial charge on any atom is -0.396 e. The van der Waals surface area contributed by atoms with E-state index in [9.17, 15) is 4.39 Å². The summed E-state index contributed by atoms with van der Waals surface area (Å²) in [6.45, 7) is 0. The molecular weight excluding hydrogens is 245 g/mol. The number of nitrogens with two attached hydrogens (primary N) is 1. The van der Waals surface area contributed by atoms with Crippen LogP contribution in [0.2, 0.25) is 0 Å². The lowest BCUT2D eigenvalue weighted by Crippen LogP contribution is -2.00. The molecule has 0 radical (unpaired) electrons. The molecule has 0 saturated carbocycles. The van der Waals surface area contributed by atoms with Gasteiger partial charge in [0.2, 0.25) is 0 Å². The number of pyridine rings is 1. The molecular formula is C13H8FN5. The van der Waals surface area contributed by atoms with Gasteiger partial charge in [-0.05, 0) is 30.3 Å². The number of halogens is 1. The van der Waals surface area contributed by atoms with E-state index in [2.05, 4.69) is 10.3 Å². The number of nitrogens with zero attached hydrogens (tertiary/aromatic N) is 3. The Balaban J connectivity index is 2.37.